The maximum Gasteiger partial charge on any atom is 0.125 e. The van der Waals surface area contributed by atoms with E-state index in [0.717, 1.165) is 12.2 Å². The van der Waals surface area contributed by atoms with Crippen molar-refractivity contribution < 1.29 is 4.74 Å². The van der Waals surface area contributed by atoms with Crippen molar-refractivity contribution in [2.45, 2.75) is 39.7 Å². The van der Waals surface area contributed by atoms with E-state index in [0.29, 0.717) is 0 Å². The molecule has 2 nitrogen and oxygen atoms in total. The van der Waals surface area contributed by atoms with Crippen LogP contribution in [-0.2, 0) is 6.42 Å². The van der Waals surface area contributed by atoms with Crippen LogP contribution in [0.4, 0.5) is 0 Å². The molecule has 0 aromatic heterocycles. The molecule has 0 amide bonds. The zero-order chi connectivity index (χ0) is 12.3. The summed E-state index contributed by atoms with van der Waals surface area (Å²) in [4.78, 5) is 0. The van der Waals surface area contributed by atoms with Crippen molar-refractivity contribution in [1.82, 2.24) is 5.32 Å². The van der Waals surface area contributed by atoms with Gasteiger partial charge in [0, 0.05) is 5.54 Å². The van der Waals surface area contributed by atoms with Crippen molar-refractivity contribution in [2.75, 3.05) is 14.2 Å². The number of likely N-dealkylation sites (N-methyl/N-ethyl adjacent to an activating group) is 1. The lowest BCUT2D eigenvalue weighted by atomic mass is 9.92. The Balaban J connectivity index is 3.12. The molecule has 90 valence electrons. The van der Waals surface area contributed by atoms with E-state index in [4.69, 9.17) is 4.74 Å². The summed E-state index contributed by atoms with van der Waals surface area (Å²) in [5.41, 5.74) is 3.87. The van der Waals surface area contributed by atoms with Gasteiger partial charge in [-0.25, -0.2) is 0 Å². The average molecular weight is 221 g/mol. The Bertz CT molecular complexity index is 369. The van der Waals surface area contributed by atoms with Crippen molar-refractivity contribution in [1.29, 1.82) is 0 Å². The van der Waals surface area contributed by atoms with Crippen LogP contribution in [0.25, 0.3) is 0 Å². The van der Waals surface area contributed by atoms with Gasteiger partial charge in [-0.05, 0) is 52.3 Å². The minimum Gasteiger partial charge on any atom is -0.496 e. The molecule has 0 aliphatic rings. The summed E-state index contributed by atoms with van der Waals surface area (Å²) in [7, 11) is 3.74. The van der Waals surface area contributed by atoms with Crippen LogP contribution >= 0.6 is 0 Å². The smallest absolute Gasteiger partial charge is 0.125 e. The van der Waals surface area contributed by atoms with Crippen LogP contribution in [0.3, 0.4) is 0 Å². The van der Waals surface area contributed by atoms with E-state index in [2.05, 4.69) is 45.1 Å². The number of methoxy groups -OCH3 is 1. The molecule has 0 spiro atoms. The van der Waals surface area contributed by atoms with Gasteiger partial charge in [-0.1, -0.05) is 17.7 Å². The van der Waals surface area contributed by atoms with Crippen LogP contribution in [0.1, 0.15) is 30.5 Å². The molecule has 0 radical (unpaired) electrons. The molecule has 0 aliphatic carbocycles. The Labute approximate surface area is 99.0 Å². The molecule has 0 bridgehead atoms. The number of hydrogen-bond donors (Lipinski definition) is 1. The van der Waals surface area contributed by atoms with Crippen molar-refractivity contribution in [2.24, 2.45) is 0 Å². The molecule has 16 heavy (non-hydrogen) atoms. The Morgan fingerprint density at radius 3 is 2.38 bits per heavy atom. The monoisotopic (exact) mass is 221 g/mol. The van der Waals surface area contributed by atoms with Crippen LogP contribution in [0.5, 0.6) is 5.75 Å². The predicted octanol–water partition coefficient (Wildman–Crippen LogP) is 2.85. The van der Waals surface area contributed by atoms with E-state index >= 15 is 0 Å². The first kappa shape index (κ1) is 13.0. The molecular formula is C14H23NO. The van der Waals surface area contributed by atoms with Crippen LogP contribution < -0.4 is 10.1 Å². The molecule has 0 saturated carbocycles. The van der Waals surface area contributed by atoms with Gasteiger partial charge in [0.2, 0.25) is 0 Å². The third-order valence-corrected chi connectivity index (χ3v) is 3.01. The highest BCUT2D eigenvalue weighted by Gasteiger charge is 2.19. The molecule has 1 N–H and O–H groups in total. The van der Waals surface area contributed by atoms with Crippen molar-refractivity contribution in [3.05, 3.63) is 28.8 Å². The van der Waals surface area contributed by atoms with Gasteiger partial charge in [-0.3, -0.25) is 0 Å². The summed E-state index contributed by atoms with van der Waals surface area (Å²) in [6.45, 7) is 8.62. The lowest BCUT2D eigenvalue weighted by molar-refractivity contribution is 0.384. The van der Waals surface area contributed by atoms with E-state index in [1.165, 1.54) is 16.7 Å². The summed E-state index contributed by atoms with van der Waals surface area (Å²) >= 11 is 0. The summed E-state index contributed by atoms with van der Waals surface area (Å²) in [5, 5.41) is 3.32. The maximum absolute atomic E-state index is 5.49. The first-order valence-corrected chi connectivity index (χ1v) is 5.72. The quantitative estimate of drug-likeness (QED) is 0.844. The summed E-state index contributed by atoms with van der Waals surface area (Å²) < 4.78 is 5.49. The highest BCUT2D eigenvalue weighted by atomic mass is 16.5. The standard InChI is InChI=1S/C14H23NO/c1-10-7-11(2)13(16-6)12(8-10)9-14(3,4)15-5/h7-8,15H,9H2,1-6H3. The number of benzene rings is 1. The SMILES string of the molecule is CNC(C)(C)Cc1cc(C)cc(C)c1OC. The lowest BCUT2D eigenvalue weighted by Gasteiger charge is -2.25. The third kappa shape index (κ3) is 2.99. The summed E-state index contributed by atoms with van der Waals surface area (Å²) in [6, 6.07) is 4.37. The Hall–Kier alpha value is -1.02. The van der Waals surface area contributed by atoms with Gasteiger partial charge < -0.3 is 10.1 Å². The molecule has 1 rings (SSSR count). The Morgan fingerprint density at radius 2 is 1.88 bits per heavy atom. The first-order chi connectivity index (χ1) is 7.39. The zero-order valence-electron chi connectivity index (χ0n) is 11.3. The fourth-order valence-electron chi connectivity index (χ4n) is 2.03. The highest BCUT2D eigenvalue weighted by Crippen LogP contribution is 2.28. The fraction of sp³-hybridized carbons (Fsp3) is 0.571. The van der Waals surface area contributed by atoms with E-state index in [9.17, 15) is 0 Å². The molecule has 0 unspecified atom stereocenters. The summed E-state index contributed by atoms with van der Waals surface area (Å²) in [5.74, 6) is 1.02. The number of ether oxygens (including phenoxy) is 1. The number of hydrogen-bond acceptors (Lipinski definition) is 2. The molecule has 0 atom stereocenters. The largest absolute Gasteiger partial charge is 0.496 e. The van der Waals surface area contributed by atoms with Gasteiger partial charge in [0.05, 0.1) is 7.11 Å². The van der Waals surface area contributed by atoms with Gasteiger partial charge in [0.1, 0.15) is 5.75 Å². The van der Waals surface area contributed by atoms with E-state index in [1.54, 1.807) is 7.11 Å². The molecule has 0 aliphatic heterocycles. The van der Waals surface area contributed by atoms with Gasteiger partial charge in [-0.15, -0.1) is 0 Å². The second-order valence-corrected chi connectivity index (χ2v) is 5.08. The maximum atomic E-state index is 5.49. The van der Waals surface area contributed by atoms with Crippen molar-refractivity contribution in [3.8, 4) is 5.75 Å². The fourth-order valence-corrected chi connectivity index (χ4v) is 2.03. The Kier molecular flexibility index (Phi) is 3.98. The molecular weight excluding hydrogens is 198 g/mol. The average Bonchev–Trinajstić information content (AvgIpc) is 2.16. The van der Waals surface area contributed by atoms with Crippen molar-refractivity contribution >= 4 is 0 Å². The van der Waals surface area contributed by atoms with Gasteiger partial charge in [0.15, 0.2) is 0 Å². The molecule has 2 heteroatoms. The predicted molar refractivity (Wildman–Crippen MR) is 69.3 cm³/mol. The first-order valence-electron chi connectivity index (χ1n) is 5.72. The topological polar surface area (TPSA) is 21.3 Å². The lowest BCUT2D eigenvalue weighted by Crippen LogP contribution is -2.38. The van der Waals surface area contributed by atoms with E-state index < -0.39 is 0 Å². The molecule has 0 saturated heterocycles. The van der Waals surface area contributed by atoms with Gasteiger partial charge >= 0.3 is 0 Å². The highest BCUT2D eigenvalue weighted by molar-refractivity contribution is 5.44. The Morgan fingerprint density at radius 1 is 1.25 bits per heavy atom. The minimum absolute atomic E-state index is 0.0908. The van der Waals surface area contributed by atoms with Gasteiger partial charge in [-0.2, -0.15) is 0 Å². The number of rotatable bonds is 4. The number of nitrogens with one attached hydrogen (secondary N) is 1. The van der Waals surface area contributed by atoms with Crippen LogP contribution in [0.2, 0.25) is 0 Å². The van der Waals surface area contributed by atoms with Crippen LogP contribution in [-0.4, -0.2) is 19.7 Å². The second-order valence-electron chi connectivity index (χ2n) is 5.08. The van der Waals surface area contributed by atoms with Crippen molar-refractivity contribution in [3.63, 3.8) is 0 Å². The zero-order valence-corrected chi connectivity index (χ0v) is 11.3. The second kappa shape index (κ2) is 4.88. The molecule has 1 aromatic carbocycles. The number of aryl methyl sites for hydroxylation is 2. The normalized spacial score (nSPS) is 11.6. The van der Waals surface area contributed by atoms with E-state index in [-0.39, 0.29) is 5.54 Å². The molecule has 1 aromatic rings. The third-order valence-electron chi connectivity index (χ3n) is 3.01. The van der Waals surface area contributed by atoms with Crippen LogP contribution in [0, 0.1) is 13.8 Å². The van der Waals surface area contributed by atoms with Gasteiger partial charge in [0.25, 0.3) is 0 Å². The summed E-state index contributed by atoms with van der Waals surface area (Å²) in [6.07, 6.45) is 0.967. The minimum atomic E-state index is 0.0908. The van der Waals surface area contributed by atoms with E-state index in [1.807, 2.05) is 7.05 Å². The van der Waals surface area contributed by atoms with Crippen LogP contribution in [0.15, 0.2) is 12.1 Å². The molecule has 0 fully saturated rings. The molecule has 0 heterocycles.